The van der Waals surface area contributed by atoms with Crippen LogP contribution in [0.5, 0.6) is 0 Å². The summed E-state index contributed by atoms with van der Waals surface area (Å²) in [6.07, 6.45) is 3.18. The molecule has 1 aliphatic heterocycles. The highest BCUT2D eigenvalue weighted by molar-refractivity contribution is 7.89. The molecule has 1 fully saturated rings. The van der Waals surface area contributed by atoms with Gasteiger partial charge in [0.15, 0.2) is 0 Å². The maximum Gasteiger partial charge on any atom is 0.240 e. The summed E-state index contributed by atoms with van der Waals surface area (Å²) in [5.74, 6) is 0. The first-order valence-electron chi connectivity index (χ1n) is 6.79. The predicted octanol–water partition coefficient (Wildman–Crippen LogP) is 1.72. The van der Waals surface area contributed by atoms with Gasteiger partial charge in [0.05, 0.1) is 4.90 Å². The molecule has 1 aromatic carbocycles. The average Bonchev–Trinajstić information content (AvgIpc) is 2.80. The van der Waals surface area contributed by atoms with E-state index in [1.54, 1.807) is 12.1 Å². The summed E-state index contributed by atoms with van der Waals surface area (Å²) in [5, 5.41) is 3.37. The lowest BCUT2D eigenvalue weighted by Crippen LogP contribution is -2.30. The van der Waals surface area contributed by atoms with Gasteiger partial charge in [0.2, 0.25) is 10.0 Å². The van der Waals surface area contributed by atoms with Gasteiger partial charge in [-0.2, -0.15) is 0 Å². The van der Waals surface area contributed by atoms with Crippen LogP contribution in [0.2, 0.25) is 0 Å². The van der Waals surface area contributed by atoms with Gasteiger partial charge in [-0.25, -0.2) is 13.1 Å². The van der Waals surface area contributed by atoms with Crippen LogP contribution in [0, 0.1) is 13.8 Å². The van der Waals surface area contributed by atoms with Crippen molar-refractivity contribution in [3.63, 3.8) is 0 Å². The molecule has 4 nitrogen and oxygen atoms in total. The topological polar surface area (TPSA) is 58.2 Å². The monoisotopic (exact) mass is 282 g/mol. The molecule has 0 saturated carbocycles. The highest BCUT2D eigenvalue weighted by atomic mass is 32.2. The molecule has 2 N–H and O–H groups in total. The van der Waals surface area contributed by atoms with Crippen LogP contribution in [0.4, 0.5) is 0 Å². The molecule has 0 radical (unpaired) electrons. The van der Waals surface area contributed by atoms with E-state index in [1.807, 2.05) is 19.9 Å². The molecule has 1 aliphatic rings. The van der Waals surface area contributed by atoms with Crippen molar-refractivity contribution >= 4 is 10.0 Å². The van der Waals surface area contributed by atoms with Gasteiger partial charge in [-0.15, -0.1) is 0 Å². The zero-order valence-electron chi connectivity index (χ0n) is 11.6. The minimum Gasteiger partial charge on any atom is -0.314 e. The summed E-state index contributed by atoms with van der Waals surface area (Å²) in [6, 6.07) is 5.86. The molecule has 1 aromatic rings. The molecule has 0 spiro atoms. The lowest BCUT2D eigenvalue weighted by Gasteiger charge is -2.12. The maximum absolute atomic E-state index is 12.2. The standard InChI is InChI=1S/C14H22N2O2S/c1-11-8-12(2)10-14(9-11)19(17,18)16-7-5-13-4-3-6-15-13/h8-10,13,15-16H,3-7H2,1-2H3. The second-order valence-corrected chi connectivity index (χ2v) is 7.07. The smallest absolute Gasteiger partial charge is 0.240 e. The van der Waals surface area contributed by atoms with Crippen LogP contribution in [0.3, 0.4) is 0 Å². The zero-order chi connectivity index (χ0) is 13.9. The molecule has 106 valence electrons. The van der Waals surface area contributed by atoms with Crippen molar-refractivity contribution < 1.29 is 8.42 Å². The first-order valence-corrected chi connectivity index (χ1v) is 8.27. The summed E-state index contributed by atoms with van der Waals surface area (Å²) in [5.41, 5.74) is 1.94. The van der Waals surface area contributed by atoms with Crippen molar-refractivity contribution in [2.45, 2.75) is 44.0 Å². The molecule has 2 rings (SSSR count). The van der Waals surface area contributed by atoms with Crippen molar-refractivity contribution in [2.24, 2.45) is 0 Å². The third-order valence-electron chi connectivity index (χ3n) is 3.45. The van der Waals surface area contributed by atoms with E-state index >= 15 is 0 Å². The molecule has 0 aromatic heterocycles. The van der Waals surface area contributed by atoms with E-state index in [2.05, 4.69) is 10.0 Å². The number of nitrogens with one attached hydrogen (secondary N) is 2. The van der Waals surface area contributed by atoms with E-state index in [1.165, 1.54) is 6.42 Å². The Morgan fingerprint density at radius 3 is 2.53 bits per heavy atom. The van der Waals surface area contributed by atoms with E-state index in [0.717, 1.165) is 30.5 Å². The summed E-state index contributed by atoms with van der Waals surface area (Å²) >= 11 is 0. The van der Waals surface area contributed by atoms with Gasteiger partial charge < -0.3 is 5.32 Å². The Morgan fingerprint density at radius 2 is 1.95 bits per heavy atom. The van der Waals surface area contributed by atoms with Crippen LogP contribution < -0.4 is 10.0 Å². The van der Waals surface area contributed by atoms with Crippen LogP contribution in [-0.4, -0.2) is 27.5 Å². The van der Waals surface area contributed by atoms with Crippen LogP contribution in [0.15, 0.2) is 23.1 Å². The summed E-state index contributed by atoms with van der Waals surface area (Å²) < 4.78 is 27.0. The fourth-order valence-electron chi connectivity index (χ4n) is 2.54. The van der Waals surface area contributed by atoms with Crippen LogP contribution in [0.25, 0.3) is 0 Å². The van der Waals surface area contributed by atoms with Crippen molar-refractivity contribution in [3.8, 4) is 0 Å². The molecule has 0 bridgehead atoms. The molecule has 0 amide bonds. The molecular formula is C14H22N2O2S. The number of sulfonamides is 1. The van der Waals surface area contributed by atoms with Crippen molar-refractivity contribution in [3.05, 3.63) is 29.3 Å². The Bertz CT molecular complexity index is 514. The Morgan fingerprint density at radius 1 is 1.26 bits per heavy atom. The molecule has 1 unspecified atom stereocenters. The second-order valence-electron chi connectivity index (χ2n) is 5.30. The average molecular weight is 282 g/mol. The zero-order valence-corrected chi connectivity index (χ0v) is 12.4. The summed E-state index contributed by atoms with van der Waals surface area (Å²) in [4.78, 5) is 0.365. The van der Waals surface area contributed by atoms with E-state index in [9.17, 15) is 8.42 Å². The molecular weight excluding hydrogens is 260 g/mol. The third-order valence-corrected chi connectivity index (χ3v) is 4.89. The van der Waals surface area contributed by atoms with E-state index in [4.69, 9.17) is 0 Å². The van der Waals surface area contributed by atoms with Crippen LogP contribution in [0.1, 0.15) is 30.4 Å². The molecule has 19 heavy (non-hydrogen) atoms. The largest absolute Gasteiger partial charge is 0.314 e. The van der Waals surface area contributed by atoms with Crippen molar-refractivity contribution in [1.82, 2.24) is 10.0 Å². The first-order chi connectivity index (χ1) is 8.97. The summed E-state index contributed by atoms with van der Waals surface area (Å²) in [7, 11) is -3.37. The number of hydrogen-bond acceptors (Lipinski definition) is 3. The van der Waals surface area contributed by atoms with Gasteiger partial charge in [-0.05, 0) is 62.9 Å². The van der Waals surface area contributed by atoms with Crippen molar-refractivity contribution in [1.29, 1.82) is 0 Å². The molecule has 0 aliphatic carbocycles. The fourth-order valence-corrected chi connectivity index (χ4v) is 3.78. The highest BCUT2D eigenvalue weighted by Gasteiger charge is 2.17. The second kappa shape index (κ2) is 6.03. The van der Waals surface area contributed by atoms with Gasteiger partial charge in [0.1, 0.15) is 0 Å². The van der Waals surface area contributed by atoms with Crippen LogP contribution in [-0.2, 0) is 10.0 Å². The Hall–Kier alpha value is -0.910. The van der Waals surface area contributed by atoms with Crippen molar-refractivity contribution in [2.75, 3.05) is 13.1 Å². The third kappa shape index (κ3) is 4.03. The molecule has 1 saturated heterocycles. The normalized spacial score (nSPS) is 19.8. The predicted molar refractivity (Wildman–Crippen MR) is 76.7 cm³/mol. The number of hydrogen-bond donors (Lipinski definition) is 2. The maximum atomic E-state index is 12.2. The van der Waals surface area contributed by atoms with E-state index in [-0.39, 0.29) is 0 Å². The number of aryl methyl sites for hydroxylation is 2. The van der Waals surface area contributed by atoms with Gasteiger partial charge in [0.25, 0.3) is 0 Å². The fraction of sp³-hybridized carbons (Fsp3) is 0.571. The first kappa shape index (κ1) is 14.5. The van der Waals surface area contributed by atoms with E-state index in [0.29, 0.717) is 17.5 Å². The molecule has 1 heterocycles. The minimum absolute atomic E-state index is 0.365. The Kier molecular flexibility index (Phi) is 4.60. The number of benzene rings is 1. The summed E-state index contributed by atoms with van der Waals surface area (Å²) in [6.45, 7) is 5.37. The highest BCUT2D eigenvalue weighted by Crippen LogP contribution is 2.14. The lowest BCUT2D eigenvalue weighted by molar-refractivity contribution is 0.539. The minimum atomic E-state index is -3.37. The Balaban J connectivity index is 1.97. The van der Waals surface area contributed by atoms with Crippen LogP contribution >= 0.6 is 0 Å². The SMILES string of the molecule is Cc1cc(C)cc(S(=O)(=O)NCCC2CCCN2)c1. The van der Waals surface area contributed by atoms with Gasteiger partial charge >= 0.3 is 0 Å². The van der Waals surface area contributed by atoms with E-state index < -0.39 is 10.0 Å². The molecule has 5 heteroatoms. The number of rotatable bonds is 5. The molecule has 1 atom stereocenters. The van der Waals surface area contributed by atoms with Gasteiger partial charge in [0, 0.05) is 12.6 Å². The van der Waals surface area contributed by atoms with Gasteiger partial charge in [-0.1, -0.05) is 6.07 Å². The quantitative estimate of drug-likeness (QED) is 0.864. The Labute approximate surface area is 115 Å². The lowest BCUT2D eigenvalue weighted by atomic mass is 10.2. The van der Waals surface area contributed by atoms with Gasteiger partial charge in [-0.3, -0.25) is 0 Å².